The van der Waals surface area contributed by atoms with Crippen LogP contribution >= 0.6 is 0 Å². The van der Waals surface area contributed by atoms with Gasteiger partial charge >= 0.3 is 0 Å². The molecule has 2 aromatic heterocycles. The summed E-state index contributed by atoms with van der Waals surface area (Å²) in [5, 5.41) is 13.3. The van der Waals surface area contributed by atoms with E-state index in [1.165, 1.54) is 6.33 Å². The van der Waals surface area contributed by atoms with Crippen molar-refractivity contribution in [1.29, 1.82) is 0 Å². The van der Waals surface area contributed by atoms with Crippen molar-refractivity contribution in [3.8, 4) is 0 Å². The summed E-state index contributed by atoms with van der Waals surface area (Å²) in [5.41, 5.74) is 4.21. The SMILES string of the molecule is CCCNC(=O)c1cn2ncnc(Nc3cc(C(=O)NC4=NCC=C4)ccc3C)c2c1C. The number of rotatable bonds is 6. The van der Waals surface area contributed by atoms with Crippen molar-refractivity contribution in [2.24, 2.45) is 4.99 Å². The molecule has 1 aromatic carbocycles. The van der Waals surface area contributed by atoms with Crippen molar-refractivity contribution in [2.75, 3.05) is 18.4 Å². The summed E-state index contributed by atoms with van der Waals surface area (Å²) in [6.07, 6.45) is 7.66. The van der Waals surface area contributed by atoms with E-state index in [-0.39, 0.29) is 11.8 Å². The minimum atomic E-state index is -0.236. The molecule has 1 aliphatic heterocycles. The van der Waals surface area contributed by atoms with Crippen molar-refractivity contribution >= 4 is 34.7 Å². The van der Waals surface area contributed by atoms with E-state index in [2.05, 4.69) is 31.0 Å². The molecule has 3 aromatic rings. The van der Waals surface area contributed by atoms with Crippen LogP contribution in [0, 0.1) is 13.8 Å². The Morgan fingerprint density at radius 3 is 2.78 bits per heavy atom. The molecule has 0 saturated heterocycles. The summed E-state index contributed by atoms with van der Waals surface area (Å²) in [6, 6.07) is 5.41. The number of anilines is 2. The quantitative estimate of drug-likeness (QED) is 0.555. The standard InChI is InChI=1S/C23H25N7O2/c1-4-9-25-23(32)17-12-30-20(15(17)3)21(26-13-27-30)28-18-11-16(8-7-14(18)2)22(31)29-19-6-5-10-24-19/h5-8,11-13H,4,9-10H2,1-3H3,(H,25,32)(H,24,29,31)(H,26,27,28). The van der Waals surface area contributed by atoms with Gasteiger partial charge in [-0.2, -0.15) is 5.10 Å². The minimum Gasteiger partial charge on any atom is -0.352 e. The van der Waals surface area contributed by atoms with Crippen molar-refractivity contribution in [3.05, 3.63) is 65.1 Å². The third-order valence-corrected chi connectivity index (χ3v) is 5.24. The molecular weight excluding hydrogens is 406 g/mol. The Kier molecular flexibility index (Phi) is 5.98. The van der Waals surface area contributed by atoms with Gasteiger partial charge in [0.1, 0.15) is 17.7 Å². The van der Waals surface area contributed by atoms with Crippen LogP contribution in [0.2, 0.25) is 0 Å². The lowest BCUT2D eigenvalue weighted by Crippen LogP contribution is -2.28. The first-order valence-corrected chi connectivity index (χ1v) is 10.5. The monoisotopic (exact) mass is 431 g/mol. The number of aryl methyl sites for hydroxylation is 2. The van der Waals surface area contributed by atoms with Crippen LogP contribution < -0.4 is 16.0 Å². The predicted octanol–water partition coefficient (Wildman–Crippen LogP) is 2.93. The van der Waals surface area contributed by atoms with Gasteiger partial charge in [-0.25, -0.2) is 9.50 Å². The maximum atomic E-state index is 12.6. The van der Waals surface area contributed by atoms with Gasteiger partial charge in [0.25, 0.3) is 11.8 Å². The summed E-state index contributed by atoms with van der Waals surface area (Å²) in [4.78, 5) is 33.7. The number of aliphatic imine (C=N–C) groups is 1. The topological polar surface area (TPSA) is 113 Å². The summed E-state index contributed by atoms with van der Waals surface area (Å²) < 4.78 is 1.64. The molecule has 0 radical (unpaired) electrons. The zero-order chi connectivity index (χ0) is 22.7. The first kappa shape index (κ1) is 21.2. The third kappa shape index (κ3) is 4.22. The Bertz CT molecular complexity index is 1260. The van der Waals surface area contributed by atoms with Crippen LogP contribution in [0.25, 0.3) is 5.52 Å². The van der Waals surface area contributed by atoms with Gasteiger partial charge in [-0.15, -0.1) is 0 Å². The molecule has 0 saturated carbocycles. The smallest absolute Gasteiger partial charge is 0.256 e. The number of nitrogens with zero attached hydrogens (tertiary/aromatic N) is 4. The van der Waals surface area contributed by atoms with Crippen molar-refractivity contribution in [2.45, 2.75) is 27.2 Å². The first-order valence-electron chi connectivity index (χ1n) is 10.5. The van der Waals surface area contributed by atoms with Gasteiger partial charge in [0.15, 0.2) is 5.82 Å². The molecular formula is C23H25N7O2. The maximum absolute atomic E-state index is 12.6. The van der Waals surface area contributed by atoms with E-state index in [0.29, 0.717) is 41.4 Å². The number of aromatic nitrogens is 3. The highest BCUT2D eigenvalue weighted by atomic mass is 16.2. The Labute approximate surface area is 185 Å². The summed E-state index contributed by atoms with van der Waals surface area (Å²) in [6.45, 7) is 7.01. The lowest BCUT2D eigenvalue weighted by molar-refractivity contribution is 0.0950. The molecule has 0 fully saturated rings. The average Bonchev–Trinajstić information content (AvgIpc) is 3.41. The molecule has 164 valence electrons. The third-order valence-electron chi connectivity index (χ3n) is 5.24. The second kappa shape index (κ2) is 9.01. The number of benzene rings is 1. The van der Waals surface area contributed by atoms with Gasteiger partial charge < -0.3 is 16.0 Å². The predicted molar refractivity (Wildman–Crippen MR) is 124 cm³/mol. The molecule has 0 bridgehead atoms. The van der Waals surface area contributed by atoms with E-state index in [0.717, 1.165) is 23.2 Å². The zero-order valence-corrected chi connectivity index (χ0v) is 18.3. The van der Waals surface area contributed by atoms with Gasteiger partial charge in [-0.3, -0.25) is 14.6 Å². The molecule has 1 aliphatic rings. The van der Waals surface area contributed by atoms with Crippen LogP contribution in [-0.2, 0) is 0 Å². The van der Waals surface area contributed by atoms with Crippen molar-refractivity contribution < 1.29 is 9.59 Å². The van der Waals surface area contributed by atoms with Gasteiger partial charge in [-0.05, 0) is 49.6 Å². The van der Waals surface area contributed by atoms with Gasteiger partial charge in [0, 0.05) is 24.0 Å². The number of fused-ring (bicyclic) bond motifs is 1. The van der Waals surface area contributed by atoms with Crippen molar-refractivity contribution in [3.63, 3.8) is 0 Å². The zero-order valence-electron chi connectivity index (χ0n) is 18.3. The number of hydrogen-bond acceptors (Lipinski definition) is 6. The molecule has 4 rings (SSSR count). The fourth-order valence-electron chi connectivity index (χ4n) is 3.48. The second-order valence-corrected chi connectivity index (χ2v) is 7.56. The lowest BCUT2D eigenvalue weighted by atomic mass is 10.1. The lowest BCUT2D eigenvalue weighted by Gasteiger charge is -2.12. The molecule has 3 heterocycles. The van der Waals surface area contributed by atoms with Crippen LogP contribution in [0.4, 0.5) is 11.5 Å². The van der Waals surface area contributed by atoms with Gasteiger partial charge in [-0.1, -0.05) is 19.1 Å². The van der Waals surface area contributed by atoms with Crippen molar-refractivity contribution in [1.82, 2.24) is 25.2 Å². The molecule has 9 nitrogen and oxygen atoms in total. The molecule has 0 unspecified atom stereocenters. The van der Waals surface area contributed by atoms with E-state index in [9.17, 15) is 9.59 Å². The fourth-order valence-corrected chi connectivity index (χ4v) is 3.48. The Hall–Kier alpha value is -4.01. The Morgan fingerprint density at radius 2 is 2.03 bits per heavy atom. The van der Waals surface area contributed by atoms with E-state index in [4.69, 9.17) is 0 Å². The van der Waals surface area contributed by atoms with Crippen LogP contribution in [-0.4, -0.2) is 45.3 Å². The van der Waals surface area contributed by atoms with Crippen LogP contribution in [0.1, 0.15) is 45.2 Å². The van der Waals surface area contributed by atoms with E-state index in [1.54, 1.807) is 28.9 Å². The number of hydrogen-bond donors (Lipinski definition) is 3. The minimum absolute atomic E-state index is 0.139. The number of carbonyl (C=O) groups is 2. The average molecular weight is 432 g/mol. The normalized spacial score (nSPS) is 12.7. The summed E-state index contributed by atoms with van der Waals surface area (Å²) in [5.74, 6) is 0.732. The molecule has 0 aliphatic carbocycles. The van der Waals surface area contributed by atoms with Crippen LogP contribution in [0.3, 0.4) is 0 Å². The number of amides is 2. The number of carbonyl (C=O) groups excluding carboxylic acids is 2. The highest BCUT2D eigenvalue weighted by molar-refractivity contribution is 6.11. The molecule has 0 spiro atoms. The molecule has 3 N–H and O–H groups in total. The van der Waals surface area contributed by atoms with E-state index < -0.39 is 0 Å². The van der Waals surface area contributed by atoms with Gasteiger partial charge in [0.2, 0.25) is 0 Å². The molecule has 0 atom stereocenters. The highest BCUT2D eigenvalue weighted by Crippen LogP contribution is 2.27. The highest BCUT2D eigenvalue weighted by Gasteiger charge is 2.18. The summed E-state index contributed by atoms with van der Waals surface area (Å²) in [7, 11) is 0. The second-order valence-electron chi connectivity index (χ2n) is 7.56. The maximum Gasteiger partial charge on any atom is 0.256 e. The fraction of sp³-hybridized carbons (Fsp3) is 0.261. The largest absolute Gasteiger partial charge is 0.352 e. The molecule has 32 heavy (non-hydrogen) atoms. The Balaban J connectivity index is 1.64. The van der Waals surface area contributed by atoms with Crippen LogP contribution in [0.5, 0.6) is 0 Å². The number of amidine groups is 1. The number of nitrogens with one attached hydrogen (secondary N) is 3. The van der Waals surface area contributed by atoms with E-state index in [1.807, 2.05) is 32.9 Å². The molecule has 2 amide bonds. The van der Waals surface area contributed by atoms with Crippen LogP contribution in [0.15, 0.2) is 47.9 Å². The molecule has 9 heteroatoms. The Morgan fingerprint density at radius 1 is 1.19 bits per heavy atom. The van der Waals surface area contributed by atoms with E-state index >= 15 is 0 Å². The van der Waals surface area contributed by atoms with Gasteiger partial charge in [0.05, 0.1) is 12.1 Å². The summed E-state index contributed by atoms with van der Waals surface area (Å²) >= 11 is 0. The first-order chi connectivity index (χ1) is 15.5.